The number of nitrogens with one attached hydrogen (secondary N) is 2. The van der Waals surface area contributed by atoms with Gasteiger partial charge in [0.05, 0.1) is 29.4 Å². The summed E-state index contributed by atoms with van der Waals surface area (Å²) in [6.07, 6.45) is 3.36. The Hall–Kier alpha value is -5.34. The molecule has 6 aromatic rings. The average molecular weight is 555 g/mol. The Bertz CT molecular complexity index is 1900. The lowest BCUT2D eigenvalue weighted by Gasteiger charge is -2.30. The molecule has 2 amide bonds. The van der Waals surface area contributed by atoms with E-state index < -0.39 is 11.6 Å². The van der Waals surface area contributed by atoms with Gasteiger partial charge in [-0.2, -0.15) is 0 Å². The van der Waals surface area contributed by atoms with E-state index in [0.717, 1.165) is 22.1 Å². The molecule has 0 aliphatic heterocycles. The summed E-state index contributed by atoms with van der Waals surface area (Å²) in [6.45, 7) is 4.03. The number of carbonyl (C=O) groups is 1. The van der Waals surface area contributed by atoms with Crippen LogP contribution in [0.25, 0.3) is 22.2 Å². The molecule has 4 aromatic carbocycles. The Morgan fingerprint density at radius 3 is 2.29 bits per heavy atom. The van der Waals surface area contributed by atoms with E-state index in [0.29, 0.717) is 33.7 Å². The number of aromatic nitrogens is 4. The highest BCUT2D eigenvalue weighted by Gasteiger charge is 2.37. The number of hydrogen-bond donors (Lipinski definition) is 3. The summed E-state index contributed by atoms with van der Waals surface area (Å²) in [7, 11) is 1.86. The summed E-state index contributed by atoms with van der Waals surface area (Å²) in [4.78, 5) is 26.6. The molecule has 0 aliphatic carbocycles. The molecule has 0 spiro atoms. The largest absolute Gasteiger partial charge is 0.374 e. The maximum Gasteiger partial charge on any atom is 0.326 e. The van der Waals surface area contributed by atoms with E-state index >= 15 is 0 Å². The van der Waals surface area contributed by atoms with Crippen molar-refractivity contribution in [1.29, 1.82) is 0 Å². The Morgan fingerprint density at radius 1 is 0.810 bits per heavy atom. The first-order valence-electron chi connectivity index (χ1n) is 13.6. The number of aryl methyl sites for hydroxylation is 3. The molecular formula is C34H30N6O2. The molecule has 8 nitrogen and oxygen atoms in total. The van der Waals surface area contributed by atoms with Gasteiger partial charge in [0.1, 0.15) is 0 Å². The van der Waals surface area contributed by atoms with Crippen molar-refractivity contribution in [3.8, 4) is 11.3 Å². The van der Waals surface area contributed by atoms with E-state index in [2.05, 4.69) is 20.6 Å². The highest BCUT2D eigenvalue weighted by atomic mass is 16.3. The van der Waals surface area contributed by atoms with Crippen molar-refractivity contribution in [3.63, 3.8) is 0 Å². The van der Waals surface area contributed by atoms with Crippen molar-refractivity contribution in [1.82, 2.24) is 19.5 Å². The number of para-hydroxylation sites is 1. The summed E-state index contributed by atoms with van der Waals surface area (Å²) in [6, 6.07) is 30.2. The van der Waals surface area contributed by atoms with E-state index in [1.54, 1.807) is 24.7 Å². The zero-order valence-corrected chi connectivity index (χ0v) is 23.5. The lowest BCUT2D eigenvalue weighted by molar-refractivity contribution is 0.117. The van der Waals surface area contributed by atoms with Gasteiger partial charge in [-0.15, -0.1) is 0 Å². The highest BCUT2D eigenvalue weighted by Crippen LogP contribution is 2.39. The second-order valence-corrected chi connectivity index (χ2v) is 10.4. The number of amides is 2. The van der Waals surface area contributed by atoms with Crippen LogP contribution in [-0.2, 0) is 12.6 Å². The quantitative estimate of drug-likeness (QED) is 0.216. The predicted molar refractivity (Wildman–Crippen MR) is 165 cm³/mol. The van der Waals surface area contributed by atoms with Crippen molar-refractivity contribution >= 4 is 28.6 Å². The van der Waals surface area contributed by atoms with Gasteiger partial charge in [0, 0.05) is 23.7 Å². The number of benzene rings is 4. The highest BCUT2D eigenvalue weighted by molar-refractivity contribution is 6.00. The van der Waals surface area contributed by atoms with Crippen LogP contribution >= 0.6 is 0 Å². The number of fused-ring (bicyclic) bond motifs is 1. The number of nitrogens with zero attached hydrogens (tertiary/aromatic N) is 4. The number of carbonyl (C=O) groups excluding carboxylic acids is 1. The molecule has 1 unspecified atom stereocenters. The number of urea groups is 1. The maximum atomic E-state index is 12.8. The van der Waals surface area contributed by atoms with Crippen LogP contribution in [0.1, 0.15) is 27.9 Å². The summed E-state index contributed by atoms with van der Waals surface area (Å²) in [5, 5.41) is 18.8. The van der Waals surface area contributed by atoms with Crippen LogP contribution in [0.2, 0.25) is 0 Å². The fraction of sp³-hybridized carbons (Fsp3) is 0.118. The van der Waals surface area contributed by atoms with Crippen LogP contribution in [0.3, 0.4) is 0 Å². The maximum absolute atomic E-state index is 12.8. The van der Waals surface area contributed by atoms with Gasteiger partial charge in [-0.3, -0.25) is 5.32 Å². The molecule has 6 rings (SSSR count). The normalized spacial score (nSPS) is 12.6. The molecule has 1 atom stereocenters. The van der Waals surface area contributed by atoms with Crippen LogP contribution in [0.4, 0.5) is 16.4 Å². The summed E-state index contributed by atoms with van der Waals surface area (Å²) in [5.74, 6) is 0.167. The van der Waals surface area contributed by atoms with Crippen molar-refractivity contribution in [2.75, 3.05) is 10.6 Å². The molecule has 0 saturated heterocycles. The number of hydrogen-bond acceptors (Lipinski definition) is 5. The zero-order valence-electron chi connectivity index (χ0n) is 23.5. The Balaban J connectivity index is 1.50. The monoisotopic (exact) mass is 554 g/mol. The third-order valence-corrected chi connectivity index (χ3v) is 7.32. The summed E-state index contributed by atoms with van der Waals surface area (Å²) >= 11 is 0. The second-order valence-electron chi connectivity index (χ2n) is 10.4. The minimum Gasteiger partial charge on any atom is -0.374 e. The van der Waals surface area contributed by atoms with Gasteiger partial charge in [-0.05, 0) is 55.3 Å². The van der Waals surface area contributed by atoms with Gasteiger partial charge in [0.25, 0.3) is 0 Å². The van der Waals surface area contributed by atoms with Crippen LogP contribution in [-0.4, -0.2) is 30.7 Å². The Morgan fingerprint density at radius 2 is 1.57 bits per heavy atom. The molecule has 0 radical (unpaired) electrons. The molecule has 0 fully saturated rings. The van der Waals surface area contributed by atoms with E-state index in [-0.39, 0.29) is 5.95 Å². The minimum atomic E-state index is -1.50. The van der Waals surface area contributed by atoms with Crippen LogP contribution < -0.4 is 10.6 Å². The molecule has 8 heteroatoms. The van der Waals surface area contributed by atoms with Gasteiger partial charge < -0.3 is 15.0 Å². The van der Waals surface area contributed by atoms with Gasteiger partial charge >= 0.3 is 6.03 Å². The van der Waals surface area contributed by atoms with E-state index in [9.17, 15) is 9.90 Å². The van der Waals surface area contributed by atoms with E-state index in [4.69, 9.17) is 4.98 Å². The van der Waals surface area contributed by atoms with Crippen molar-refractivity contribution in [2.45, 2.75) is 19.4 Å². The van der Waals surface area contributed by atoms with E-state index in [1.807, 2.05) is 110 Å². The standard InChI is InChI=1S/C34H30N6O2/c1-22-12-14-25(15-13-22)34(42,30-20-35-21-40(30)3)26-16-17-29-28(19-26)31(24-9-7-8-23(2)18-24)38-32(37-29)39-33(41)36-27-10-5-4-6-11-27/h4-21,42H,1-3H3,(H2,36,37,38,39,41). The third kappa shape index (κ3) is 5.11. The molecular weight excluding hydrogens is 524 g/mol. The minimum absolute atomic E-state index is 0.167. The molecule has 42 heavy (non-hydrogen) atoms. The molecule has 0 saturated carbocycles. The predicted octanol–water partition coefficient (Wildman–Crippen LogP) is 6.58. The lowest BCUT2D eigenvalue weighted by atomic mass is 9.82. The molecule has 2 aromatic heterocycles. The first-order valence-corrected chi connectivity index (χ1v) is 13.6. The number of aliphatic hydroxyl groups is 1. The van der Waals surface area contributed by atoms with Gasteiger partial charge in [0.15, 0.2) is 5.60 Å². The van der Waals surface area contributed by atoms with Crippen molar-refractivity contribution in [2.24, 2.45) is 7.05 Å². The Labute approximate surface area is 243 Å². The molecule has 2 heterocycles. The van der Waals surface area contributed by atoms with Crippen LogP contribution in [0.15, 0.2) is 110 Å². The van der Waals surface area contributed by atoms with Gasteiger partial charge in [0.2, 0.25) is 5.95 Å². The first-order chi connectivity index (χ1) is 20.3. The average Bonchev–Trinajstić information content (AvgIpc) is 3.43. The van der Waals surface area contributed by atoms with Crippen molar-refractivity contribution in [3.05, 3.63) is 138 Å². The van der Waals surface area contributed by atoms with Crippen LogP contribution in [0.5, 0.6) is 0 Å². The lowest BCUT2D eigenvalue weighted by Crippen LogP contribution is -2.31. The number of imidazole rings is 1. The van der Waals surface area contributed by atoms with E-state index in [1.165, 1.54) is 0 Å². The first kappa shape index (κ1) is 26.9. The number of anilines is 2. The summed E-state index contributed by atoms with van der Waals surface area (Å²) in [5.41, 5.74) is 5.42. The SMILES string of the molecule is Cc1ccc(C(O)(c2ccc3nc(NC(=O)Nc4ccccc4)nc(-c4cccc(C)c4)c3c2)c2cncn2C)cc1. The molecule has 0 bridgehead atoms. The van der Waals surface area contributed by atoms with Crippen LogP contribution in [0, 0.1) is 13.8 Å². The second kappa shape index (κ2) is 10.9. The molecule has 3 N–H and O–H groups in total. The fourth-order valence-corrected chi connectivity index (χ4v) is 5.17. The number of rotatable bonds is 6. The third-order valence-electron chi connectivity index (χ3n) is 7.32. The molecule has 0 aliphatic rings. The summed E-state index contributed by atoms with van der Waals surface area (Å²) < 4.78 is 1.82. The smallest absolute Gasteiger partial charge is 0.326 e. The zero-order chi connectivity index (χ0) is 29.3. The molecule has 208 valence electrons. The topological polar surface area (TPSA) is 105 Å². The Kier molecular flexibility index (Phi) is 6.98. The van der Waals surface area contributed by atoms with Crippen molar-refractivity contribution < 1.29 is 9.90 Å². The van der Waals surface area contributed by atoms with Gasteiger partial charge in [-0.1, -0.05) is 77.9 Å². The fourth-order valence-electron chi connectivity index (χ4n) is 5.17. The van der Waals surface area contributed by atoms with Gasteiger partial charge in [-0.25, -0.2) is 19.7 Å².